The lowest BCUT2D eigenvalue weighted by Gasteiger charge is -2.10. The Kier molecular flexibility index (Phi) is 4.91. The normalized spacial score (nSPS) is 11.0. The van der Waals surface area contributed by atoms with E-state index in [0.29, 0.717) is 0 Å². The molecule has 0 N–H and O–H groups in total. The maximum Gasteiger partial charge on any atom is 0.196 e. The van der Waals surface area contributed by atoms with E-state index < -0.39 is 0 Å². The molecule has 0 spiro atoms. The van der Waals surface area contributed by atoms with Gasteiger partial charge in [-0.1, -0.05) is 59.8 Å². The number of aromatic nitrogens is 3. The average Bonchev–Trinajstić information content (AvgIpc) is 3.29. The second kappa shape index (κ2) is 7.48. The minimum Gasteiger partial charge on any atom is -0.269 e. The molecule has 5 heteroatoms. The molecule has 0 saturated carbocycles. The third kappa shape index (κ3) is 3.59. The van der Waals surface area contributed by atoms with Gasteiger partial charge < -0.3 is 0 Å². The summed E-state index contributed by atoms with van der Waals surface area (Å²) in [6, 6.07) is 21.2. The summed E-state index contributed by atoms with van der Waals surface area (Å²) in [5.74, 6) is 1.77. The lowest BCUT2D eigenvalue weighted by molar-refractivity contribution is 0.885. The first-order valence-corrected chi connectivity index (χ1v) is 10.3. The Morgan fingerprint density at radius 3 is 2.46 bits per heavy atom. The molecule has 0 amide bonds. The summed E-state index contributed by atoms with van der Waals surface area (Å²) in [6.07, 6.45) is 0. The van der Waals surface area contributed by atoms with E-state index >= 15 is 0 Å². The molecule has 4 rings (SSSR count). The van der Waals surface area contributed by atoms with Crippen LogP contribution < -0.4 is 0 Å². The topological polar surface area (TPSA) is 30.7 Å². The van der Waals surface area contributed by atoms with E-state index in [-0.39, 0.29) is 0 Å². The van der Waals surface area contributed by atoms with Gasteiger partial charge in [0, 0.05) is 5.75 Å². The van der Waals surface area contributed by atoms with E-state index in [1.54, 1.807) is 23.1 Å². The van der Waals surface area contributed by atoms with E-state index in [9.17, 15) is 0 Å². The van der Waals surface area contributed by atoms with E-state index in [4.69, 9.17) is 0 Å². The molecule has 2 aromatic heterocycles. The highest BCUT2D eigenvalue weighted by molar-refractivity contribution is 7.98. The van der Waals surface area contributed by atoms with Gasteiger partial charge in [0.1, 0.15) is 0 Å². The Morgan fingerprint density at radius 1 is 0.923 bits per heavy atom. The van der Waals surface area contributed by atoms with E-state index in [1.807, 2.05) is 0 Å². The van der Waals surface area contributed by atoms with Crippen LogP contribution in [0.3, 0.4) is 0 Å². The van der Waals surface area contributed by atoms with Gasteiger partial charge in [-0.15, -0.1) is 21.5 Å². The fourth-order valence-electron chi connectivity index (χ4n) is 2.88. The summed E-state index contributed by atoms with van der Waals surface area (Å²) in [4.78, 5) is 1.13. The zero-order valence-electron chi connectivity index (χ0n) is 14.7. The molecule has 2 aromatic carbocycles. The molecule has 0 unspecified atom stereocenters. The number of hydrogen-bond acceptors (Lipinski definition) is 4. The van der Waals surface area contributed by atoms with Crippen molar-refractivity contribution in [3.05, 3.63) is 82.7 Å². The van der Waals surface area contributed by atoms with Crippen molar-refractivity contribution < 1.29 is 0 Å². The highest BCUT2D eigenvalue weighted by atomic mass is 32.2. The number of aryl methyl sites for hydroxylation is 2. The van der Waals surface area contributed by atoms with Gasteiger partial charge in [0.05, 0.1) is 10.6 Å². The quantitative estimate of drug-likeness (QED) is 0.405. The van der Waals surface area contributed by atoms with E-state index in [0.717, 1.165) is 27.3 Å². The maximum absolute atomic E-state index is 4.50. The van der Waals surface area contributed by atoms with Crippen molar-refractivity contribution in [3.8, 4) is 16.4 Å². The minimum absolute atomic E-state index is 0.871. The van der Waals surface area contributed by atoms with Crippen LogP contribution in [0.5, 0.6) is 0 Å². The molecule has 0 aliphatic heterocycles. The Morgan fingerprint density at radius 2 is 1.73 bits per heavy atom. The molecule has 0 aliphatic rings. The van der Waals surface area contributed by atoms with Gasteiger partial charge in [-0.2, -0.15) is 0 Å². The predicted octanol–water partition coefficient (Wildman–Crippen LogP) is 5.90. The van der Waals surface area contributed by atoms with Gasteiger partial charge in [0.15, 0.2) is 11.0 Å². The van der Waals surface area contributed by atoms with Crippen molar-refractivity contribution in [2.24, 2.45) is 0 Å². The van der Waals surface area contributed by atoms with Gasteiger partial charge in [-0.25, -0.2) is 0 Å². The van der Waals surface area contributed by atoms with Crippen molar-refractivity contribution in [2.45, 2.75) is 24.8 Å². The van der Waals surface area contributed by atoms with Gasteiger partial charge >= 0.3 is 0 Å². The summed E-state index contributed by atoms with van der Waals surface area (Å²) in [5.41, 5.74) is 4.90. The molecule has 130 valence electrons. The standard InChI is InChI=1S/C21H19N3S2/c1-15-6-3-8-17(12-15)14-26-21-23-22-20(19-10-5-11-25-19)24(21)18-9-4-7-16(2)13-18/h3-13H,14H2,1-2H3. The third-order valence-corrected chi connectivity index (χ3v) is 5.95. The van der Waals surface area contributed by atoms with Crippen molar-refractivity contribution in [3.63, 3.8) is 0 Å². The molecule has 0 atom stereocenters. The fourth-order valence-corrected chi connectivity index (χ4v) is 4.47. The van der Waals surface area contributed by atoms with Crippen LogP contribution in [0.15, 0.2) is 71.2 Å². The lowest BCUT2D eigenvalue weighted by atomic mass is 10.2. The smallest absolute Gasteiger partial charge is 0.196 e. The zero-order chi connectivity index (χ0) is 17.9. The summed E-state index contributed by atoms with van der Waals surface area (Å²) in [5, 5.41) is 12.0. The van der Waals surface area contributed by atoms with Gasteiger partial charge in [0.2, 0.25) is 0 Å². The molecule has 0 saturated heterocycles. The Hall–Kier alpha value is -2.37. The monoisotopic (exact) mass is 377 g/mol. The Balaban J connectivity index is 1.72. The largest absolute Gasteiger partial charge is 0.269 e. The van der Waals surface area contributed by atoms with E-state index in [1.165, 1.54) is 16.7 Å². The molecule has 0 radical (unpaired) electrons. The number of benzene rings is 2. The van der Waals surface area contributed by atoms with Crippen LogP contribution in [0.25, 0.3) is 16.4 Å². The molecular formula is C21H19N3S2. The second-order valence-corrected chi connectivity index (χ2v) is 8.13. The average molecular weight is 378 g/mol. The van der Waals surface area contributed by atoms with Gasteiger partial charge in [-0.3, -0.25) is 4.57 Å². The van der Waals surface area contributed by atoms with Crippen LogP contribution in [-0.2, 0) is 5.75 Å². The molecule has 0 aliphatic carbocycles. The second-order valence-electron chi connectivity index (χ2n) is 6.24. The molecular weight excluding hydrogens is 358 g/mol. The maximum atomic E-state index is 4.50. The van der Waals surface area contributed by atoms with Crippen LogP contribution >= 0.6 is 23.1 Å². The van der Waals surface area contributed by atoms with Crippen LogP contribution in [-0.4, -0.2) is 14.8 Å². The number of nitrogens with zero attached hydrogens (tertiary/aromatic N) is 3. The lowest BCUT2D eigenvalue weighted by Crippen LogP contribution is -1.99. The number of thiophene rings is 1. The molecule has 3 nitrogen and oxygen atoms in total. The summed E-state index contributed by atoms with van der Waals surface area (Å²) < 4.78 is 2.17. The number of hydrogen-bond donors (Lipinski definition) is 0. The first-order chi connectivity index (χ1) is 12.7. The van der Waals surface area contributed by atoms with Crippen LogP contribution in [0, 0.1) is 13.8 Å². The summed E-state index contributed by atoms with van der Waals surface area (Å²) in [7, 11) is 0. The number of rotatable bonds is 5. The molecule has 26 heavy (non-hydrogen) atoms. The fraction of sp³-hybridized carbons (Fsp3) is 0.143. The van der Waals surface area contributed by atoms with Crippen molar-refractivity contribution in [2.75, 3.05) is 0 Å². The first kappa shape index (κ1) is 17.1. The van der Waals surface area contributed by atoms with Crippen LogP contribution in [0.4, 0.5) is 0 Å². The van der Waals surface area contributed by atoms with E-state index in [2.05, 4.69) is 94.7 Å². The highest BCUT2D eigenvalue weighted by Gasteiger charge is 2.17. The van der Waals surface area contributed by atoms with Crippen molar-refractivity contribution in [1.29, 1.82) is 0 Å². The SMILES string of the molecule is Cc1cccc(CSc2nnc(-c3cccs3)n2-c2cccc(C)c2)c1. The van der Waals surface area contributed by atoms with Crippen LogP contribution in [0.2, 0.25) is 0 Å². The summed E-state index contributed by atoms with van der Waals surface area (Å²) >= 11 is 3.41. The Bertz CT molecular complexity index is 1020. The van der Waals surface area contributed by atoms with Crippen LogP contribution in [0.1, 0.15) is 16.7 Å². The van der Waals surface area contributed by atoms with Crippen molar-refractivity contribution in [1.82, 2.24) is 14.8 Å². The molecule has 2 heterocycles. The van der Waals surface area contributed by atoms with Gasteiger partial charge in [0.25, 0.3) is 0 Å². The molecule has 0 bridgehead atoms. The van der Waals surface area contributed by atoms with Gasteiger partial charge in [-0.05, 0) is 48.6 Å². The Labute approximate surface area is 161 Å². The highest BCUT2D eigenvalue weighted by Crippen LogP contribution is 2.32. The number of thioether (sulfide) groups is 1. The summed E-state index contributed by atoms with van der Waals surface area (Å²) in [6.45, 7) is 4.23. The first-order valence-electron chi connectivity index (χ1n) is 8.45. The minimum atomic E-state index is 0.871. The predicted molar refractivity (Wildman–Crippen MR) is 110 cm³/mol. The third-order valence-electron chi connectivity index (χ3n) is 4.09. The van der Waals surface area contributed by atoms with Crippen molar-refractivity contribution >= 4 is 23.1 Å². The molecule has 4 aromatic rings. The molecule has 0 fully saturated rings. The zero-order valence-corrected chi connectivity index (χ0v) is 16.3.